The van der Waals surface area contributed by atoms with Crippen molar-refractivity contribution in [3.63, 3.8) is 0 Å². The molecule has 0 bridgehead atoms. The first-order chi connectivity index (χ1) is 9.40. The zero-order chi connectivity index (χ0) is 14.9. The van der Waals surface area contributed by atoms with Crippen LogP contribution in [0.3, 0.4) is 0 Å². The van der Waals surface area contributed by atoms with E-state index in [-0.39, 0.29) is 12.1 Å². The van der Waals surface area contributed by atoms with Crippen molar-refractivity contribution >= 4 is 11.6 Å². The Morgan fingerprint density at radius 2 is 1.85 bits per heavy atom. The number of halogens is 1. The number of nitrogens with two attached hydrogens (primary N) is 1. The number of hydrogen-bond donors (Lipinski definition) is 1. The molecule has 2 rings (SSSR count). The zero-order valence-corrected chi connectivity index (χ0v) is 13.6. The maximum absolute atomic E-state index is 6.27. The monoisotopic (exact) mass is 295 g/mol. The highest BCUT2D eigenvalue weighted by Gasteiger charge is 2.36. The molecule has 4 heteroatoms. The van der Waals surface area contributed by atoms with Crippen molar-refractivity contribution in [3.8, 4) is 0 Å². The van der Waals surface area contributed by atoms with Crippen LogP contribution in [0.1, 0.15) is 25.5 Å². The molecular formula is C16H26ClN3. The van der Waals surface area contributed by atoms with Gasteiger partial charge in [-0.1, -0.05) is 30.7 Å². The van der Waals surface area contributed by atoms with Gasteiger partial charge in [-0.25, -0.2) is 0 Å². The first kappa shape index (κ1) is 15.8. The number of nitrogens with zero attached hydrogens (tertiary/aromatic N) is 2. The van der Waals surface area contributed by atoms with E-state index in [1.807, 2.05) is 12.1 Å². The Balaban J connectivity index is 2.20. The standard InChI is InChI=1S/C16H26ClN3/c1-11-9-20(10-15(11)19(3)4)16(12(2)18)13-5-7-14(17)8-6-13/h5-8,11-12,15-16H,9-10,18H2,1-4H3. The van der Waals surface area contributed by atoms with Crippen molar-refractivity contribution in [3.05, 3.63) is 34.9 Å². The van der Waals surface area contributed by atoms with Gasteiger partial charge >= 0.3 is 0 Å². The third-order valence-electron chi connectivity index (χ3n) is 4.37. The van der Waals surface area contributed by atoms with E-state index in [4.69, 9.17) is 17.3 Å². The summed E-state index contributed by atoms with van der Waals surface area (Å²) in [6.07, 6.45) is 0. The highest BCUT2D eigenvalue weighted by atomic mass is 35.5. The zero-order valence-electron chi connectivity index (χ0n) is 12.9. The van der Waals surface area contributed by atoms with Gasteiger partial charge in [0.25, 0.3) is 0 Å². The lowest BCUT2D eigenvalue weighted by Crippen LogP contribution is -2.40. The van der Waals surface area contributed by atoms with E-state index in [1.54, 1.807) is 0 Å². The van der Waals surface area contributed by atoms with Gasteiger partial charge in [0.15, 0.2) is 0 Å². The molecule has 1 heterocycles. The lowest BCUT2D eigenvalue weighted by molar-refractivity contribution is 0.197. The largest absolute Gasteiger partial charge is 0.326 e. The molecular weight excluding hydrogens is 270 g/mol. The molecule has 0 aromatic heterocycles. The minimum Gasteiger partial charge on any atom is -0.326 e. The average Bonchev–Trinajstić information content (AvgIpc) is 2.73. The first-order valence-corrected chi connectivity index (χ1v) is 7.69. The maximum atomic E-state index is 6.27. The van der Waals surface area contributed by atoms with Gasteiger partial charge in [0.1, 0.15) is 0 Å². The Kier molecular flexibility index (Phi) is 5.08. The molecule has 112 valence electrons. The number of rotatable bonds is 4. The summed E-state index contributed by atoms with van der Waals surface area (Å²) in [5.74, 6) is 0.665. The van der Waals surface area contributed by atoms with Crippen LogP contribution in [0.15, 0.2) is 24.3 Å². The van der Waals surface area contributed by atoms with E-state index in [9.17, 15) is 0 Å². The van der Waals surface area contributed by atoms with Crippen molar-refractivity contribution in [2.24, 2.45) is 11.7 Å². The topological polar surface area (TPSA) is 32.5 Å². The fourth-order valence-electron chi connectivity index (χ4n) is 3.39. The van der Waals surface area contributed by atoms with Crippen molar-refractivity contribution in [2.45, 2.75) is 32.0 Å². The number of likely N-dealkylation sites (N-methyl/N-ethyl adjacent to an activating group) is 1. The lowest BCUT2D eigenvalue weighted by Gasteiger charge is -2.32. The van der Waals surface area contributed by atoms with Gasteiger partial charge in [0.05, 0.1) is 0 Å². The summed E-state index contributed by atoms with van der Waals surface area (Å²) in [4.78, 5) is 4.84. The van der Waals surface area contributed by atoms with E-state index in [1.165, 1.54) is 5.56 Å². The van der Waals surface area contributed by atoms with Gasteiger partial charge < -0.3 is 10.6 Å². The number of benzene rings is 1. The van der Waals surface area contributed by atoms with Gasteiger partial charge in [-0.2, -0.15) is 0 Å². The Morgan fingerprint density at radius 1 is 1.25 bits per heavy atom. The predicted octanol–water partition coefficient (Wildman–Crippen LogP) is 2.61. The van der Waals surface area contributed by atoms with Gasteiger partial charge in [-0.3, -0.25) is 4.90 Å². The molecule has 2 N–H and O–H groups in total. The molecule has 4 unspecified atom stereocenters. The summed E-state index contributed by atoms with van der Waals surface area (Å²) in [6.45, 7) is 6.58. The predicted molar refractivity (Wildman–Crippen MR) is 86.1 cm³/mol. The molecule has 1 fully saturated rings. The van der Waals surface area contributed by atoms with Crippen LogP contribution in [0.2, 0.25) is 5.02 Å². The Bertz CT molecular complexity index is 430. The molecule has 20 heavy (non-hydrogen) atoms. The molecule has 1 aliphatic heterocycles. The minimum absolute atomic E-state index is 0.101. The Labute approximate surface area is 127 Å². The van der Waals surface area contributed by atoms with Gasteiger partial charge in [0, 0.05) is 36.2 Å². The van der Waals surface area contributed by atoms with Crippen LogP contribution in [0, 0.1) is 5.92 Å². The highest BCUT2D eigenvalue weighted by molar-refractivity contribution is 6.30. The molecule has 1 saturated heterocycles. The molecule has 0 aliphatic carbocycles. The summed E-state index contributed by atoms with van der Waals surface area (Å²) >= 11 is 5.99. The van der Waals surface area contributed by atoms with Crippen LogP contribution in [0.4, 0.5) is 0 Å². The summed E-state index contributed by atoms with van der Waals surface area (Å²) in [6, 6.07) is 9.07. The molecule has 0 saturated carbocycles. The Hall–Kier alpha value is -0.610. The summed E-state index contributed by atoms with van der Waals surface area (Å²) in [5, 5.41) is 0.776. The van der Waals surface area contributed by atoms with Crippen molar-refractivity contribution in [2.75, 3.05) is 27.2 Å². The van der Waals surface area contributed by atoms with Crippen LogP contribution in [0.5, 0.6) is 0 Å². The van der Waals surface area contributed by atoms with Gasteiger partial charge in [-0.05, 0) is 44.6 Å². The van der Waals surface area contributed by atoms with E-state index in [0.717, 1.165) is 18.1 Å². The lowest BCUT2D eigenvalue weighted by atomic mass is 9.99. The van der Waals surface area contributed by atoms with Gasteiger partial charge in [0.2, 0.25) is 0 Å². The number of hydrogen-bond acceptors (Lipinski definition) is 3. The molecule has 1 aromatic rings. The maximum Gasteiger partial charge on any atom is 0.0497 e. The Morgan fingerprint density at radius 3 is 2.30 bits per heavy atom. The second-order valence-corrected chi connectivity index (χ2v) is 6.75. The third kappa shape index (κ3) is 3.34. The second-order valence-electron chi connectivity index (χ2n) is 6.32. The molecule has 1 aliphatic rings. The average molecular weight is 296 g/mol. The minimum atomic E-state index is 0.101. The number of likely N-dealkylation sites (tertiary alicyclic amines) is 1. The summed E-state index contributed by atoms with van der Waals surface area (Å²) in [5.41, 5.74) is 7.53. The normalized spacial score (nSPS) is 26.9. The van der Waals surface area contributed by atoms with Crippen molar-refractivity contribution in [1.82, 2.24) is 9.80 Å². The van der Waals surface area contributed by atoms with E-state index >= 15 is 0 Å². The molecule has 0 radical (unpaired) electrons. The van der Waals surface area contributed by atoms with Gasteiger partial charge in [-0.15, -0.1) is 0 Å². The molecule has 0 spiro atoms. The van der Waals surface area contributed by atoms with Crippen molar-refractivity contribution < 1.29 is 0 Å². The van der Waals surface area contributed by atoms with Crippen LogP contribution in [0.25, 0.3) is 0 Å². The van der Waals surface area contributed by atoms with E-state index in [0.29, 0.717) is 12.0 Å². The van der Waals surface area contributed by atoms with E-state index in [2.05, 4.69) is 49.9 Å². The fourth-order valence-corrected chi connectivity index (χ4v) is 3.52. The van der Waals surface area contributed by atoms with Crippen molar-refractivity contribution in [1.29, 1.82) is 0 Å². The highest BCUT2D eigenvalue weighted by Crippen LogP contribution is 2.31. The molecule has 3 nitrogen and oxygen atoms in total. The summed E-state index contributed by atoms with van der Waals surface area (Å²) in [7, 11) is 4.32. The second kappa shape index (κ2) is 6.44. The van der Waals surface area contributed by atoms with Crippen LogP contribution >= 0.6 is 11.6 Å². The fraction of sp³-hybridized carbons (Fsp3) is 0.625. The first-order valence-electron chi connectivity index (χ1n) is 7.31. The molecule has 0 amide bonds. The molecule has 4 atom stereocenters. The quantitative estimate of drug-likeness (QED) is 0.927. The summed E-state index contributed by atoms with van der Waals surface area (Å²) < 4.78 is 0. The van der Waals surface area contributed by atoms with Crippen LogP contribution in [-0.4, -0.2) is 49.1 Å². The SMILES string of the molecule is CC(N)C(c1ccc(Cl)cc1)N1CC(C)C(N(C)C)C1. The van der Waals surface area contributed by atoms with Crippen LogP contribution in [-0.2, 0) is 0 Å². The van der Waals surface area contributed by atoms with Crippen LogP contribution < -0.4 is 5.73 Å². The smallest absolute Gasteiger partial charge is 0.0497 e. The van der Waals surface area contributed by atoms with E-state index < -0.39 is 0 Å². The third-order valence-corrected chi connectivity index (χ3v) is 4.62. The molecule has 1 aromatic carbocycles.